The normalized spacial score (nSPS) is 15.9. The van der Waals surface area contributed by atoms with E-state index in [1.165, 1.54) is 0 Å². The molecule has 4 heteroatoms. The van der Waals surface area contributed by atoms with Gasteiger partial charge in [0.1, 0.15) is 17.5 Å². The largest absolute Gasteiger partial charge is 0.497 e. The van der Waals surface area contributed by atoms with E-state index in [1.54, 1.807) is 20.1 Å². The van der Waals surface area contributed by atoms with Gasteiger partial charge >= 0.3 is 0 Å². The predicted molar refractivity (Wildman–Crippen MR) is 100 cm³/mol. The highest BCUT2D eigenvalue weighted by atomic mass is 16.5. The third-order valence-electron chi connectivity index (χ3n) is 3.66. The number of likely N-dealkylation sites (N-methyl/N-ethyl adjacent to an activating group) is 1. The molecular formula is C20H25N3O. The molecule has 0 heterocycles. The Morgan fingerprint density at radius 2 is 2.04 bits per heavy atom. The molecule has 0 aliphatic heterocycles. The molecule has 0 radical (unpaired) electrons. The highest BCUT2D eigenvalue weighted by molar-refractivity contribution is 5.97. The molecule has 0 bridgehead atoms. The standard InChI is InChI=1S/C20H25N3O/c1-7-20(24-6)15(2)12-13-23(5)17(4)18-10-8-9-11-19(18)22-16(3)14-21/h7,10-13H,1,4,8-9H2,2-3,5-6H3/b13-12+,20-15+,22-16?. The zero-order valence-electron chi connectivity index (χ0n) is 15.0. The van der Waals surface area contributed by atoms with Gasteiger partial charge in [0.15, 0.2) is 0 Å². The van der Waals surface area contributed by atoms with Crippen molar-refractivity contribution in [2.24, 2.45) is 4.99 Å². The lowest BCUT2D eigenvalue weighted by molar-refractivity contribution is 0.303. The number of nitriles is 1. The Bertz CT molecular complexity index is 697. The molecule has 0 amide bonds. The van der Waals surface area contributed by atoms with Crippen molar-refractivity contribution in [3.05, 3.63) is 72.0 Å². The van der Waals surface area contributed by atoms with Crippen molar-refractivity contribution in [1.29, 1.82) is 5.26 Å². The van der Waals surface area contributed by atoms with E-state index >= 15 is 0 Å². The Morgan fingerprint density at radius 3 is 2.62 bits per heavy atom. The molecule has 4 nitrogen and oxygen atoms in total. The van der Waals surface area contributed by atoms with Gasteiger partial charge in [-0.25, -0.2) is 4.99 Å². The maximum absolute atomic E-state index is 8.95. The quantitative estimate of drug-likeness (QED) is 0.389. The molecule has 0 N–H and O–H groups in total. The molecule has 126 valence electrons. The first-order valence-electron chi connectivity index (χ1n) is 7.78. The van der Waals surface area contributed by atoms with Gasteiger partial charge in [-0.3, -0.25) is 0 Å². The molecular weight excluding hydrogens is 298 g/mol. The van der Waals surface area contributed by atoms with Gasteiger partial charge in [0.25, 0.3) is 0 Å². The number of methoxy groups -OCH3 is 1. The fourth-order valence-corrected chi connectivity index (χ4v) is 2.23. The Hall–Kier alpha value is -2.80. The van der Waals surface area contributed by atoms with Gasteiger partial charge in [-0.05, 0) is 44.4 Å². The second kappa shape index (κ2) is 9.36. The summed E-state index contributed by atoms with van der Waals surface area (Å²) in [4.78, 5) is 6.32. The minimum Gasteiger partial charge on any atom is -0.497 e. The average molecular weight is 323 g/mol. The van der Waals surface area contributed by atoms with Gasteiger partial charge in [-0.1, -0.05) is 25.3 Å². The van der Waals surface area contributed by atoms with Gasteiger partial charge in [0.2, 0.25) is 0 Å². The average Bonchev–Trinajstić information content (AvgIpc) is 2.60. The third kappa shape index (κ3) is 5.13. The molecule has 0 saturated heterocycles. The van der Waals surface area contributed by atoms with Crippen molar-refractivity contribution >= 4 is 5.71 Å². The summed E-state index contributed by atoms with van der Waals surface area (Å²) < 4.78 is 5.24. The van der Waals surface area contributed by atoms with Gasteiger partial charge in [-0.2, -0.15) is 5.26 Å². The lowest BCUT2D eigenvalue weighted by atomic mass is 10.0. The van der Waals surface area contributed by atoms with Crippen molar-refractivity contribution in [1.82, 2.24) is 4.90 Å². The van der Waals surface area contributed by atoms with Crippen LogP contribution in [0.3, 0.4) is 0 Å². The van der Waals surface area contributed by atoms with E-state index in [9.17, 15) is 0 Å². The summed E-state index contributed by atoms with van der Waals surface area (Å²) >= 11 is 0. The van der Waals surface area contributed by atoms with Crippen LogP contribution in [0.4, 0.5) is 0 Å². The van der Waals surface area contributed by atoms with E-state index in [0.29, 0.717) is 5.71 Å². The van der Waals surface area contributed by atoms with Crippen LogP contribution in [-0.2, 0) is 4.74 Å². The fourth-order valence-electron chi connectivity index (χ4n) is 2.23. The molecule has 0 atom stereocenters. The van der Waals surface area contributed by atoms with Gasteiger partial charge in [0.05, 0.1) is 12.8 Å². The number of ether oxygens (including phenoxy) is 1. The van der Waals surface area contributed by atoms with E-state index in [0.717, 1.165) is 41.1 Å². The zero-order valence-corrected chi connectivity index (χ0v) is 15.0. The van der Waals surface area contributed by atoms with Crippen LogP contribution in [0.15, 0.2) is 77.0 Å². The van der Waals surface area contributed by atoms with Crippen LogP contribution in [0.1, 0.15) is 26.7 Å². The smallest absolute Gasteiger partial charge is 0.121 e. The van der Waals surface area contributed by atoms with Gasteiger partial charge < -0.3 is 9.64 Å². The molecule has 0 aromatic rings. The molecule has 0 spiro atoms. The first kappa shape index (κ1) is 19.2. The van der Waals surface area contributed by atoms with E-state index in [-0.39, 0.29) is 0 Å². The van der Waals surface area contributed by atoms with Crippen molar-refractivity contribution in [2.45, 2.75) is 26.7 Å². The maximum atomic E-state index is 8.95. The zero-order chi connectivity index (χ0) is 18.1. The highest BCUT2D eigenvalue weighted by Crippen LogP contribution is 2.27. The SMILES string of the molecule is C=C/C(OC)=C(C)\C=C\N(C)C(=C)C1=CCCC=C1N=C(C)C#N. The number of hydrogen-bond acceptors (Lipinski definition) is 4. The fraction of sp³-hybridized carbons (Fsp3) is 0.300. The van der Waals surface area contributed by atoms with Crippen LogP contribution in [-0.4, -0.2) is 24.8 Å². The summed E-state index contributed by atoms with van der Waals surface area (Å²) in [6.45, 7) is 11.6. The Morgan fingerprint density at radius 1 is 1.38 bits per heavy atom. The number of rotatable bonds is 7. The van der Waals surface area contributed by atoms with Crippen LogP contribution in [0.2, 0.25) is 0 Å². The van der Waals surface area contributed by atoms with Crippen molar-refractivity contribution in [3.63, 3.8) is 0 Å². The second-order valence-electron chi connectivity index (χ2n) is 5.42. The summed E-state index contributed by atoms with van der Waals surface area (Å²) in [6, 6.07) is 2.06. The van der Waals surface area contributed by atoms with E-state index in [1.807, 2.05) is 37.2 Å². The molecule has 0 aromatic carbocycles. The van der Waals surface area contributed by atoms with Crippen LogP contribution < -0.4 is 0 Å². The predicted octanol–water partition coefficient (Wildman–Crippen LogP) is 4.64. The number of aliphatic imine (C=N–C) groups is 1. The first-order chi connectivity index (χ1) is 11.4. The Kier molecular flexibility index (Phi) is 7.51. The van der Waals surface area contributed by atoms with Crippen LogP contribution >= 0.6 is 0 Å². The number of allylic oxidation sites excluding steroid dienone is 5. The minimum atomic E-state index is 0.439. The van der Waals surface area contributed by atoms with Crippen molar-refractivity contribution < 1.29 is 4.74 Å². The first-order valence-corrected chi connectivity index (χ1v) is 7.78. The van der Waals surface area contributed by atoms with Crippen molar-refractivity contribution in [2.75, 3.05) is 14.2 Å². The summed E-state index contributed by atoms with van der Waals surface area (Å²) in [5.41, 5.74) is 4.01. The molecule has 1 aliphatic rings. The molecule has 24 heavy (non-hydrogen) atoms. The van der Waals surface area contributed by atoms with Crippen LogP contribution in [0.25, 0.3) is 0 Å². The lowest BCUT2D eigenvalue weighted by Gasteiger charge is -2.22. The molecule has 0 saturated carbocycles. The van der Waals surface area contributed by atoms with E-state index in [4.69, 9.17) is 10.00 Å². The van der Waals surface area contributed by atoms with Gasteiger partial charge in [-0.15, -0.1) is 0 Å². The summed E-state index contributed by atoms with van der Waals surface area (Å²) in [7, 11) is 3.55. The number of hydrogen-bond donors (Lipinski definition) is 0. The molecule has 0 unspecified atom stereocenters. The number of nitrogens with zero attached hydrogens (tertiary/aromatic N) is 3. The Labute approximate surface area is 145 Å². The second-order valence-corrected chi connectivity index (χ2v) is 5.42. The van der Waals surface area contributed by atoms with Crippen molar-refractivity contribution in [3.8, 4) is 6.07 Å². The molecule has 0 aromatic heterocycles. The molecule has 1 aliphatic carbocycles. The van der Waals surface area contributed by atoms with Crippen LogP contribution in [0, 0.1) is 11.3 Å². The van der Waals surface area contributed by atoms with E-state index < -0.39 is 0 Å². The minimum absolute atomic E-state index is 0.439. The Balaban J connectivity index is 2.98. The monoisotopic (exact) mass is 323 g/mol. The third-order valence-corrected chi connectivity index (χ3v) is 3.66. The molecule has 1 rings (SSSR count). The highest BCUT2D eigenvalue weighted by Gasteiger charge is 2.14. The maximum Gasteiger partial charge on any atom is 0.121 e. The lowest BCUT2D eigenvalue weighted by Crippen LogP contribution is -2.13. The summed E-state index contributed by atoms with van der Waals surface area (Å²) in [6.07, 6.45) is 11.6. The molecule has 0 fully saturated rings. The topological polar surface area (TPSA) is 48.6 Å². The van der Waals surface area contributed by atoms with Crippen LogP contribution in [0.5, 0.6) is 0 Å². The summed E-state index contributed by atoms with van der Waals surface area (Å²) in [5, 5.41) is 8.95. The van der Waals surface area contributed by atoms with Gasteiger partial charge in [0, 0.05) is 24.5 Å². The summed E-state index contributed by atoms with van der Waals surface area (Å²) in [5.74, 6) is 0.733. The van der Waals surface area contributed by atoms with E-state index in [2.05, 4.69) is 30.3 Å².